The van der Waals surface area contributed by atoms with E-state index in [1.54, 1.807) is 12.1 Å². The maximum absolute atomic E-state index is 13.3. The van der Waals surface area contributed by atoms with Gasteiger partial charge in [0.15, 0.2) is 0 Å². The highest BCUT2D eigenvalue weighted by molar-refractivity contribution is 7.84. The number of benzene rings is 2. The van der Waals surface area contributed by atoms with Crippen molar-refractivity contribution in [3.05, 3.63) is 58.4 Å². The van der Waals surface area contributed by atoms with Gasteiger partial charge in [0.05, 0.1) is 38.1 Å². The number of halogens is 2. The Hall–Kier alpha value is -1.90. The van der Waals surface area contributed by atoms with Gasteiger partial charge in [-0.05, 0) is 42.0 Å². The molecule has 1 atom stereocenters. The molecule has 0 saturated heterocycles. The quantitative estimate of drug-likeness (QED) is 0.885. The Morgan fingerprint density at radius 3 is 2.70 bits per heavy atom. The van der Waals surface area contributed by atoms with Crippen molar-refractivity contribution in [1.29, 1.82) is 5.26 Å². The maximum atomic E-state index is 13.3. The van der Waals surface area contributed by atoms with E-state index in [0.29, 0.717) is 21.2 Å². The number of anilines is 1. The molecule has 0 saturated carbocycles. The Kier molecular flexibility index (Phi) is 4.38. The molecule has 0 aromatic heterocycles. The first-order chi connectivity index (χ1) is 9.49. The zero-order valence-electron chi connectivity index (χ0n) is 10.3. The van der Waals surface area contributed by atoms with E-state index in [-0.39, 0.29) is 11.3 Å². The molecule has 2 N–H and O–H groups in total. The molecule has 2 aromatic rings. The third kappa shape index (κ3) is 3.35. The van der Waals surface area contributed by atoms with Gasteiger partial charge >= 0.3 is 0 Å². The molecule has 0 bridgehead atoms. The summed E-state index contributed by atoms with van der Waals surface area (Å²) < 4.78 is 25.5. The Labute approximate surface area is 123 Å². The van der Waals surface area contributed by atoms with Crippen LogP contribution in [0.3, 0.4) is 0 Å². The minimum atomic E-state index is -1.44. The Bertz CT molecular complexity index is 728. The standard InChI is InChI=1S/C14H10ClFN2OS/c15-13-6-12(18)1-2-14(13)20(19)8-10-3-9(7-17)4-11(16)5-10/h1-6H,8,18H2. The van der Waals surface area contributed by atoms with Gasteiger partial charge in [-0.25, -0.2) is 4.39 Å². The van der Waals surface area contributed by atoms with E-state index in [9.17, 15) is 8.60 Å². The average molecular weight is 309 g/mol. The van der Waals surface area contributed by atoms with Gasteiger partial charge in [0.2, 0.25) is 0 Å². The highest BCUT2D eigenvalue weighted by Gasteiger charge is 2.11. The summed E-state index contributed by atoms with van der Waals surface area (Å²) in [4.78, 5) is 0.434. The van der Waals surface area contributed by atoms with Gasteiger partial charge in [-0.1, -0.05) is 11.6 Å². The number of nitrogens with two attached hydrogens (primary N) is 1. The fraction of sp³-hybridized carbons (Fsp3) is 0.0714. The molecule has 0 radical (unpaired) electrons. The van der Waals surface area contributed by atoms with Crippen LogP contribution in [0.5, 0.6) is 0 Å². The Balaban J connectivity index is 2.28. The molecule has 0 aliphatic rings. The predicted molar refractivity (Wildman–Crippen MR) is 77.1 cm³/mol. The molecule has 0 heterocycles. The van der Waals surface area contributed by atoms with Crippen molar-refractivity contribution in [2.75, 3.05) is 5.73 Å². The largest absolute Gasteiger partial charge is 0.399 e. The summed E-state index contributed by atoms with van der Waals surface area (Å²) in [7, 11) is -1.44. The molecule has 3 nitrogen and oxygen atoms in total. The monoisotopic (exact) mass is 308 g/mol. The van der Waals surface area contributed by atoms with E-state index in [4.69, 9.17) is 22.6 Å². The number of nitrogens with zero attached hydrogens (tertiary/aromatic N) is 1. The van der Waals surface area contributed by atoms with Crippen molar-refractivity contribution in [2.24, 2.45) is 0 Å². The van der Waals surface area contributed by atoms with Crippen molar-refractivity contribution < 1.29 is 8.60 Å². The van der Waals surface area contributed by atoms with Crippen LogP contribution in [-0.2, 0) is 16.6 Å². The van der Waals surface area contributed by atoms with Gasteiger partial charge in [-0.15, -0.1) is 0 Å². The summed E-state index contributed by atoms with van der Waals surface area (Å²) in [5, 5.41) is 9.09. The minimum Gasteiger partial charge on any atom is -0.399 e. The van der Waals surface area contributed by atoms with Gasteiger partial charge in [0.1, 0.15) is 5.82 Å². The van der Waals surface area contributed by atoms with E-state index < -0.39 is 16.6 Å². The molecule has 2 aromatic carbocycles. The van der Waals surface area contributed by atoms with Crippen molar-refractivity contribution in [3.8, 4) is 6.07 Å². The van der Waals surface area contributed by atoms with Gasteiger partial charge in [-0.3, -0.25) is 4.21 Å². The van der Waals surface area contributed by atoms with Gasteiger partial charge in [0.25, 0.3) is 0 Å². The normalized spacial score (nSPS) is 11.8. The summed E-state index contributed by atoms with van der Waals surface area (Å²) >= 11 is 5.98. The van der Waals surface area contributed by atoms with Gasteiger partial charge in [0, 0.05) is 5.69 Å². The van der Waals surface area contributed by atoms with Gasteiger partial charge in [-0.2, -0.15) is 5.26 Å². The van der Waals surface area contributed by atoms with Gasteiger partial charge < -0.3 is 5.73 Å². The maximum Gasteiger partial charge on any atom is 0.124 e. The summed E-state index contributed by atoms with van der Waals surface area (Å²) in [5.41, 5.74) is 6.72. The lowest BCUT2D eigenvalue weighted by molar-refractivity contribution is 0.625. The smallest absolute Gasteiger partial charge is 0.124 e. The van der Waals surface area contributed by atoms with Crippen LogP contribution in [0.15, 0.2) is 41.3 Å². The van der Waals surface area contributed by atoms with Crippen molar-refractivity contribution in [3.63, 3.8) is 0 Å². The van der Waals surface area contributed by atoms with Crippen LogP contribution in [0.25, 0.3) is 0 Å². The average Bonchev–Trinajstić information content (AvgIpc) is 2.37. The van der Waals surface area contributed by atoms with E-state index in [2.05, 4.69) is 0 Å². The Morgan fingerprint density at radius 2 is 2.05 bits per heavy atom. The first-order valence-corrected chi connectivity index (χ1v) is 7.32. The summed E-state index contributed by atoms with van der Waals surface area (Å²) in [6, 6.07) is 10.4. The molecule has 1 unspecified atom stereocenters. The third-order valence-electron chi connectivity index (χ3n) is 2.59. The second-order valence-corrected chi connectivity index (χ2v) is 5.97. The zero-order chi connectivity index (χ0) is 14.7. The van der Waals surface area contributed by atoms with Crippen LogP contribution in [0.1, 0.15) is 11.1 Å². The highest BCUT2D eigenvalue weighted by atomic mass is 35.5. The molecule has 0 aliphatic heterocycles. The van der Waals surface area contributed by atoms with Crippen LogP contribution in [-0.4, -0.2) is 4.21 Å². The van der Waals surface area contributed by atoms with Crippen LogP contribution in [0.2, 0.25) is 5.02 Å². The SMILES string of the molecule is N#Cc1cc(F)cc(CS(=O)c2ccc(N)cc2Cl)c1. The number of hydrogen-bond donors (Lipinski definition) is 1. The lowest BCUT2D eigenvalue weighted by atomic mass is 10.1. The number of hydrogen-bond acceptors (Lipinski definition) is 3. The fourth-order valence-corrected chi connectivity index (χ4v) is 3.30. The molecule has 0 amide bonds. The molecule has 102 valence electrons. The van der Waals surface area contributed by atoms with E-state index in [1.165, 1.54) is 18.2 Å². The van der Waals surface area contributed by atoms with Crippen LogP contribution in [0, 0.1) is 17.1 Å². The molecule has 2 rings (SSSR count). The predicted octanol–water partition coefficient (Wildman–Crippen LogP) is 3.24. The highest BCUT2D eigenvalue weighted by Crippen LogP contribution is 2.24. The first-order valence-electron chi connectivity index (χ1n) is 5.62. The van der Waals surface area contributed by atoms with E-state index in [0.717, 1.165) is 6.07 Å². The lowest BCUT2D eigenvalue weighted by Crippen LogP contribution is -1.99. The van der Waals surface area contributed by atoms with Crippen LogP contribution >= 0.6 is 11.6 Å². The summed E-state index contributed by atoms with van der Waals surface area (Å²) in [6.45, 7) is 0. The van der Waals surface area contributed by atoms with E-state index >= 15 is 0 Å². The van der Waals surface area contributed by atoms with Crippen molar-refractivity contribution in [1.82, 2.24) is 0 Å². The Morgan fingerprint density at radius 1 is 1.30 bits per heavy atom. The zero-order valence-corrected chi connectivity index (χ0v) is 11.8. The minimum absolute atomic E-state index is 0.0794. The molecule has 20 heavy (non-hydrogen) atoms. The fourth-order valence-electron chi connectivity index (χ4n) is 1.73. The molecule has 0 fully saturated rings. The second-order valence-electron chi connectivity index (χ2n) is 4.14. The third-order valence-corrected chi connectivity index (χ3v) is 4.45. The molecule has 0 spiro atoms. The molecular weight excluding hydrogens is 299 g/mol. The number of nitriles is 1. The molecular formula is C14H10ClFN2OS. The molecule has 0 aliphatic carbocycles. The lowest BCUT2D eigenvalue weighted by Gasteiger charge is -2.06. The van der Waals surface area contributed by atoms with E-state index in [1.807, 2.05) is 6.07 Å². The number of nitrogen functional groups attached to an aromatic ring is 1. The first kappa shape index (κ1) is 14.5. The topological polar surface area (TPSA) is 66.9 Å². The second kappa shape index (κ2) is 6.04. The number of rotatable bonds is 3. The van der Waals surface area contributed by atoms with Crippen molar-refractivity contribution in [2.45, 2.75) is 10.6 Å². The summed E-state index contributed by atoms with van der Waals surface area (Å²) in [6.07, 6.45) is 0. The van der Waals surface area contributed by atoms with Crippen LogP contribution < -0.4 is 5.73 Å². The van der Waals surface area contributed by atoms with Crippen LogP contribution in [0.4, 0.5) is 10.1 Å². The van der Waals surface area contributed by atoms with Crippen molar-refractivity contribution >= 4 is 28.1 Å². The summed E-state index contributed by atoms with van der Waals surface area (Å²) in [5.74, 6) is -0.449. The molecule has 6 heteroatoms.